The summed E-state index contributed by atoms with van der Waals surface area (Å²) < 4.78 is 3.23. The van der Waals surface area contributed by atoms with Crippen LogP contribution in [0.5, 0.6) is 0 Å². The number of nitrogens with zero attached hydrogens (tertiary/aromatic N) is 1. The summed E-state index contributed by atoms with van der Waals surface area (Å²) in [6.45, 7) is 3.26. The average molecular weight is 272 g/mol. The summed E-state index contributed by atoms with van der Waals surface area (Å²) in [6.07, 6.45) is 5.81. The number of nitrogens with one attached hydrogen (secondary N) is 1. The van der Waals surface area contributed by atoms with Crippen molar-refractivity contribution in [1.29, 1.82) is 0 Å². The molecule has 0 aliphatic heterocycles. The van der Waals surface area contributed by atoms with Gasteiger partial charge >= 0.3 is 0 Å². The predicted molar refractivity (Wildman–Crippen MR) is 80.8 cm³/mol. The standard InChI is InChI=1S/C16H20N2S/c1-10-3-2-4-14-15(10)17-16(19)18(14)9-13-8-11-5-6-12(13)7-11/h2-4,11-13H,5-9H2,1H3,(H,17,19). The van der Waals surface area contributed by atoms with Gasteiger partial charge in [-0.25, -0.2) is 0 Å². The van der Waals surface area contributed by atoms with E-state index in [9.17, 15) is 0 Å². The molecule has 3 heteroatoms. The molecule has 2 bridgehead atoms. The second-order valence-corrected chi connectivity index (χ2v) is 6.83. The largest absolute Gasteiger partial charge is 0.330 e. The van der Waals surface area contributed by atoms with E-state index in [1.165, 1.54) is 42.3 Å². The minimum atomic E-state index is 0.852. The predicted octanol–water partition coefficient (Wildman–Crippen LogP) is 4.44. The van der Waals surface area contributed by atoms with Gasteiger partial charge in [0.15, 0.2) is 4.77 Å². The first-order valence-electron chi connectivity index (χ1n) is 7.40. The van der Waals surface area contributed by atoms with Crippen molar-refractivity contribution < 1.29 is 0 Å². The Kier molecular flexibility index (Phi) is 2.59. The highest BCUT2D eigenvalue weighted by Gasteiger charge is 2.39. The number of hydrogen-bond acceptors (Lipinski definition) is 1. The third-order valence-electron chi connectivity index (χ3n) is 5.32. The van der Waals surface area contributed by atoms with Crippen LogP contribution in [0.15, 0.2) is 18.2 Å². The van der Waals surface area contributed by atoms with Gasteiger partial charge in [0.05, 0.1) is 11.0 Å². The van der Waals surface area contributed by atoms with Crippen LogP contribution in [-0.2, 0) is 6.54 Å². The average Bonchev–Trinajstić information content (AvgIpc) is 3.07. The molecule has 0 amide bonds. The molecule has 0 saturated heterocycles. The summed E-state index contributed by atoms with van der Waals surface area (Å²) in [4.78, 5) is 3.39. The first kappa shape index (κ1) is 11.7. The zero-order valence-corrected chi connectivity index (χ0v) is 12.2. The number of aryl methyl sites for hydroxylation is 1. The lowest BCUT2D eigenvalue weighted by molar-refractivity contribution is 0.297. The van der Waals surface area contributed by atoms with Crippen molar-refractivity contribution >= 4 is 23.3 Å². The van der Waals surface area contributed by atoms with Crippen LogP contribution in [0, 0.1) is 29.4 Å². The molecule has 2 aliphatic rings. The Balaban J connectivity index is 1.73. The van der Waals surface area contributed by atoms with Crippen LogP contribution in [0.25, 0.3) is 11.0 Å². The summed E-state index contributed by atoms with van der Waals surface area (Å²) in [5, 5.41) is 0. The number of benzene rings is 1. The Labute approximate surface area is 118 Å². The fourth-order valence-corrected chi connectivity index (χ4v) is 4.61. The number of aromatic amines is 1. The maximum absolute atomic E-state index is 5.54. The first-order chi connectivity index (χ1) is 9.22. The van der Waals surface area contributed by atoms with E-state index in [0.717, 1.165) is 29.1 Å². The van der Waals surface area contributed by atoms with E-state index in [0.29, 0.717) is 0 Å². The zero-order chi connectivity index (χ0) is 13.0. The van der Waals surface area contributed by atoms with Gasteiger partial charge in [-0.3, -0.25) is 0 Å². The van der Waals surface area contributed by atoms with E-state index >= 15 is 0 Å². The van der Waals surface area contributed by atoms with Crippen LogP contribution in [-0.4, -0.2) is 9.55 Å². The molecule has 3 atom stereocenters. The molecule has 0 radical (unpaired) electrons. The van der Waals surface area contributed by atoms with Gasteiger partial charge in [0, 0.05) is 6.54 Å². The lowest BCUT2D eigenvalue weighted by Gasteiger charge is -2.22. The Hall–Kier alpha value is -1.09. The molecule has 1 N–H and O–H groups in total. The molecule has 1 aromatic carbocycles. The monoisotopic (exact) mass is 272 g/mol. The van der Waals surface area contributed by atoms with E-state index in [1.807, 2.05) is 0 Å². The van der Waals surface area contributed by atoms with Crippen molar-refractivity contribution in [3.05, 3.63) is 28.5 Å². The van der Waals surface area contributed by atoms with E-state index in [4.69, 9.17) is 12.2 Å². The lowest BCUT2D eigenvalue weighted by Crippen LogP contribution is -2.17. The molecule has 4 rings (SSSR count). The molecule has 3 unspecified atom stereocenters. The molecule has 19 heavy (non-hydrogen) atoms. The van der Waals surface area contributed by atoms with E-state index in [-0.39, 0.29) is 0 Å². The quantitative estimate of drug-likeness (QED) is 0.801. The van der Waals surface area contributed by atoms with Crippen LogP contribution in [0.3, 0.4) is 0 Å². The Morgan fingerprint density at radius 3 is 2.95 bits per heavy atom. The maximum Gasteiger partial charge on any atom is 0.178 e. The fraction of sp³-hybridized carbons (Fsp3) is 0.562. The molecule has 1 heterocycles. The summed E-state index contributed by atoms with van der Waals surface area (Å²) in [5.41, 5.74) is 3.79. The van der Waals surface area contributed by atoms with Crippen molar-refractivity contribution in [3.63, 3.8) is 0 Å². The summed E-state index contributed by atoms with van der Waals surface area (Å²) >= 11 is 5.54. The molecular weight excluding hydrogens is 252 g/mol. The number of rotatable bonds is 2. The minimum Gasteiger partial charge on any atom is -0.330 e. The number of para-hydroxylation sites is 1. The molecule has 0 spiro atoms. The molecular formula is C16H20N2S. The Morgan fingerprint density at radius 1 is 1.32 bits per heavy atom. The first-order valence-corrected chi connectivity index (χ1v) is 7.81. The van der Waals surface area contributed by atoms with Crippen LogP contribution >= 0.6 is 12.2 Å². The minimum absolute atomic E-state index is 0.852. The normalized spacial score (nSPS) is 29.4. The molecule has 2 fully saturated rings. The maximum atomic E-state index is 5.54. The lowest BCUT2D eigenvalue weighted by atomic mass is 9.89. The van der Waals surface area contributed by atoms with Crippen molar-refractivity contribution in [2.24, 2.45) is 17.8 Å². The van der Waals surface area contributed by atoms with E-state index < -0.39 is 0 Å². The van der Waals surface area contributed by atoms with Crippen molar-refractivity contribution in [2.75, 3.05) is 0 Å². The van der Waals surface area contributed by atoms with Gasteiger partial charge in [-0.05, 0) is 67.8 Å². The smallest absolute Gasteiger partial charge is 0.178 e. The van der Waals surface area contributed by atoms with Crippen molar-refractivity contribution in [1.82, 2.24) is 9.55 Å². The van der Waals surface area contributed by atoms with Gasteiger partial charge in [-0.15, -0.1) is 0 Å². The number of hydrogen-bond donors (Lipinski definition) is 1. The summed E-state index contributed by atoms with van der Waals surface area (Å²) in [7, 11) is 0. The van der Waals surface area contributed by atoms with Gasteiger partial charge in [0.2, 0.25) is 0 Å². The molecule has 100 valence electrons. The Morgan fingerprint density at radius 2 is 2.21 bits per heavy atom. The fourth-order valence-electron chi connectivity index (χ4n) is 4.34. The number of H-pyrrole nitrogens is 1. The van der Waals surface area contributed by atoms with Gasteiger partial charge in [-0.2, -0.15) is 0 Å². The molecule has 2 aromatic rings. The van der Waals surface area contributed by atoms with Crippen LogP contribution < -0.4 is 0 Å². The van der Waals surface area contributed by atoms with Gasteiger partial charge in [-0.1, -0.05) is 18.6 Å². The zero-order valence-electron chi connectivity index (χ0n) is 11.4. The molecule has 2 saturated carbocycles. The van der Waals surface area contributed by atoms with Crippen molar-refractivity contribution in [2.45, 2.75) is 39.2 Å². The van der Waals surface area contributed by atoms with Crippen LogP contribution in [0.1, 0.15) is 31.2 Å². The topological polar surface area (TPSA) is 20.7 Å². The third kappa shape index (κ3) is 1.78. The molecule has 2 aliphatic carbocycles. The highest BCUT2D eigenvalue weighted by Crippen LogP contribution is 2.49. The molecule has 2 nitrogen and oxygen atoms in total. The SMILES string of the molecule is Cc1cccc2c1[nH]c(=S)n2CC1CC2CCC1C2. The highest BCUT2D eigenvalue weighted by atomic mass is 32.1. The van der Waals surface area contributed by atoms with E-state index in [1.54, 1.807) is 0 Å². The third-order valence-corrected chi connectivity index (χ3v) is 5.64. The second-order valence-electron chi connectivity index (χ2n) is 6.44. The Bertz CT molecular complexity index is 682. The molecule has 1 aromatic heterocycles. The van der Waals surface area contributed by atoms with Crippen LogP contribution in [0.4, 0.5) is 0 Å². The van der Waals surface area contributed by atoms with Gasteiger partial charge in [0.1, 0.15) is 0 Å². The van der Waals surface area contributed by atoms with Gasteiger partial charge < -0.3 is 9.55 Å². The number of fused-ring (bicyclic) bond motifs is 3. The summed E-state index contributed by atoms with van der Waals surface area (Å²) in [6, 6.07) is 6.48. The second kappa shape index (κ2) is 4.20. The number of imidazole rings is 1. The number of aromatic nitrogens is 2. The van der Waals surface area contributed by atoms with Crippen LogP contribution in [0.2, 0.25) is 0 Å². The highest BCUT2D eigenvalue weighted by molar-refractivity contribution is 7.71. The van der Waals surface area contributed by atoms with Gasteiger partial charge in [0.25, 0.3) is 0 Å². The van der Waals surface area contributed by atoms with Crippen molar-refractivity contribution in [3.8, 4) is 0 Å². The summed E-state index contributed by atoms with van der Waals surface area (Å²) in [5.74, 6) is 2.82. The van der Waals surface area contributed by atoms with E-state index in [2.05, 4.69) is 34.7 Å².